The van der Waals surface area contributed by atoms with Crippen molar-refractivity contribution >= 4 is 51.6 Å². The molecule has 1 aliphatic heterocycles. The maximum atomic E-state index is 15.5. The zero-order valence-electron chi connectivity index (χ0n) is 29.0. The molecule has 2 heterocycles. The minimum absolute atomic E-state index is 0.0964. The van der Waals surface area contributed by atoms with E-state index in [9.17, 15) is 9.59 Å². The van der Waals surface area contributed by atoms with Gasteiger partial charge in [-0.05, 0) is 71.9 Å². The normalized spacial score (nSPS) is 16.1. The lowest BCUT2D eigenvalue weighted by Gasteiger charge is -2.23. The number of amides is 2. The summed E-state index contributed by atoms with van der Waals surface area (Å²) in [5.41, 5.74) is 3.52. The summed E-state index contributed by atoms with van der Waals surface area (Å²) in [6, 6.07) is 26.3. The number of nitrogens with zero attached hydrogens (tertiary/aromatic N) is 4. The lowest BCUT2D eigenvalue weighted by molar-refractivity contribution is -0.115. The molecular weight excluding hydrogens is 698 g/mol. The number of carbonyl (C=O) groups is 2. The van der Waals surface area contributed by atoms with Gasteiger partial charge in [0.25, 0.3) is 0 Å². The molecule has 0 spiro atoms. The molecule has 1 aromatic heterocycles. The van der Waals surface area contributed by atoms with Gasteiger partial charge < -0.3 is 29.2 Å². The third-order valence-corrected chi connectivity index (χ3v) is 9.43. The van der Waals surface area contributed by atoms with Crippen molar-refractivity contribution in [1.82, 2.24) is 14.9 Å². The van der Waals surface area contributed by atoms with Crippen LogP contribution in [0.2, 0.25) is 0 Å². The molecule has 5 aromatic rings. The number of para-hydroxylation sites is 1. The number of halogens is 1. The minimum Gasteiger partial charge on any atom is -0.493 e. The van der Waals surface area contributed by atoms with Crippen LogP contribution in [0.15, 0.2) is 109 Å². The molecule has 1 saturated heterocycles. The van der Waals surface area contributed by atoms with Gasteiger partial charge in [-0.15, -0.1) is 0 Å². The Morgan fingerprint density at radius 2 is 1.72 bits per heavy atom. The van der Waals surface area contributed by atoms with Crippen molar-refractivity contribution < 1.29 is 32.9 Å². The SMILES string of the molecule is COc1cc2c(Oc3ccc(N(C(C)=O)C(=S)Nc4ccccc4)cc3F)ncnc2cc1OCC1=CC2CN(C(=O)OCc3ccccc3)CC2C1. The minimum atomic E-state index is -0.725. The van der Waals surface area contributed by atoms with E-state index in [1.165, 1.54) is 43.5 Å². The first-order valence-electron chi connectivity index (χ1n) is 17.0. The van der Waals surface area contributed by atoms with Gasteiger partial charge in [0.05, 0.1) is 23.7 Å². The number of ether oxygens (including phenoxy) is 4. The van der Waals surface area contributed by atoms with Gasteiger partial charge in [0.1, 0.15) is 19.5 Å². The van der Waals surface area contributed by atoms with Crippen molar-refractivity contribution in [2.75, 3.05) is 37.0 Å². The van der Waals surface area contributed by atoms with E-state index >= 15 is 4.39 Å². The van der Waals surface area contributed by atoms with Crippen LogP contribution in [0.4, 0.5) is 20.6 Å². The highest BCUT2D eigenvalue weighted by atomic mass is 32.1. The molecule has 0 radical (unpaired) electrons. The van der Waals surface area contributed by atoms with Gasteiger partial charge in [-0.3, -0.25) is 9.69 Å². The fraction of sp³-hybridized carbons (Fsp3) is 0.225. The van der Waals surface area contributed by atoms with Crippen LogP contribution in [0.3, 0.4) is 0 Å². The second kappa shape index (κ2) is 15.7. The Hall–Kier alpha value is -6.08. The van der Waals surface area contributed by atoms with Gasteiger partial charge in [0.2, 0.25) is 11.8 Å². The molecule has 2 unspecified atom stereocenters. The van der Waals surface area contributed by atoms with E-state index < -0.39 is 11.7 Å². The molecule has 1 aliphatic carbocycles. The molecule has 13 heteroatoms. The first-order valence-corrected chi connectivity index (χ1v) is 17.4. The summed E-state index contributed by atoms with van der Waals surface area (Å²) in [5, 5.41) is 3.58. The summed E-state index contributed by atoms with van der Waals surface area (Å²) in [6.07, 6.45) is 4.03. The number of fused-ring (bicyclic) bond motifs is 2. The lowest BCUT2D eigenvalue weighted by Crippen LogP contribution is -2.38. The Bertz CT molecular complexity index is 2190. The van der Waals surface area contributed by atoms with Crippen molar-refractivity contribution in [3.8, 4) is 23.1 Å². The average Bonchev–Trinajstić information content (AvgIpc) is 3.74. The maximum absolute atomic E-state index is 15.5. The van der Waals surface area contributed by atoms with Crippen LogP contribution in [0, 0.1) is 17.7 Å². The quantitative estimate of drug-likeness (QED) is 0.112. The number of likely N-dealkylation sites (tertiary alicyclic amines) is 1. The summed E-state index contributed by atoms with van der Waals surface area (Å²) in [5.74, 6) is 0.335. The van der Waals surface area contributed by atoms with E-state index in [0.29, 0.717) is 53.7 Å². The first-order chi connectivity index (χ1) is 25.7. The van der Waals surface area contributed by atoms with Crippen LogP contribution in [-0.4, -0.2) is 58.8 Å². The van der Waals surface area contributed by atoms with Gasteiger partial charge in [0.15, 0.2) is 28.2 Å². The molecule has 2 atom stereocenters. The molecule has 7 rings (SSSR count). The molecule has 1 N–H and O–H groups in total. The van der Waals surface area contributed by atoms with Crippen molar-refractivity contribution in [2.45, 2.75) is 20.0 Å². The average molecular weight is 734 g/mol. The number of carbonyl (C=O) groups excluding carboxylic acids is 2. The Morgan fingerprint density at radius 1 is 0.943 bits per heavy atom. The van der Waals surface area contributed by atoms with Gasteiger partial charge in [-0.2, -0.15) is 0 Å². The standard InChI is InChI=1S/C40H36FN5O6S/c1-25(47)46(39(53)44-30-11-7-4-8-12-30)31-13-14-35(33(41)17-31)52-38-32-18-36(49-2)37(19-34(32)42-24-43-38)50-23-27-15-28-20-45(21-29(28)16-27)40(48)51-22-26-9-5-3-6-10-26/h3-15,17-19,24,28-29H,16,20-23H2,1-2H3,(H,44,53). The predicted octanol–water partition coefficient (Wildman–Crippen LogP) is 7.91. The van der Waals surface area contributed by atoms with Crippen LogP contribution in [0.5, 0.6) is 23.1 Å². The van der Waals surface area contributed by atoms with Crippen molar-refractivity contribution in [3.63, 3.8) is 0 Å². The second-order valence-electron chi connectivity index (χ2n) is 12.8. The van der Waals surface area contributed by atoms with E-state index in [0.717, 1.165) is 17.6 Å². The van der Waals surface area contributed by atoms with Crippen LogP contribution >= 0.6 is 12.2 Å². The number of hydrogen-bond donors (Lipinski definition) is 1. The highest BCUT2D eigenvalue weighted by Gasteiger charge is 2.39. The van der Waals surface area contributed by atoms with Crippen LogP contribution in [0.25, 0.3) is 10.9 Å². The zero-order valence-corrected chi connectivity index (χ0v) is 29.8. The smallest absolute Gasteiger partial charge is 0.410 e. The summed E-state index contributed by atoms with van der Waals surface area (Å²) in [7, 11) is 1.53. The zero-order chi connectivity index (χ0) is 36.9. The third-order valence-electron chi connectivity index (χ3n) is 9.15. The largest absolute Gasteiger partial charge is 0.493 e. The first kappa shape index (κ1) is 35.3. The molecule has 2 amide bonds. The van der Waals surface area contributed by atoms with E-state index in [4.69, 9.17) is 31.2 Å². The third kappa shape index (κ3) is 8.05. The number of thiocarbonyl (C=S) groups is 1. The molecule has 4 aromatic carbocycles. The molecule has 0 bridgehead atoms. The molecule has 0 saturated carbocycles. The van der Waals surface area contributed by atoms with Gasteiger partial charge >= 0.3 is 6.09 Å². The van der Waals surface area contributed by atoms with Crippen molar-refractivity contribution in [3.05, 3.63) is 120 Å². The highest BCUT2D eigenvalue weighted by molar-refractivity contribution is 7.80. The van der Waals surface area contributed by atoms with Gasteiger partial charge in [-0.1, -0.05) is 54.6 Å². The van der Waals surface area contributed by atoms with E-state index in [-0.39, 0.29) is 41.0 Å². The summed E-state index contributed by atoms with van der Waals surface area (Å²) < 4.78 is 38.9. The van der Waals surface area contributed by atoms with E-state index in [2.05, 4.69) is 21.4 Å². The number of rotatable bonds is 10. The Morgan fingerprint density at radius 3 is 2.43 bits per heavy atom. The molecular formula is C40H36FN5O6S. The van der Waals surface area contributed by atoms with Gasteiger partial charge in [0, 0.05) is 37.8 Å². The van der Waals surface area contributed by atoms with Crippen molar-refractivity contribution in [2.24, 2.45) is 11.8 Å². The highest BCUT2D eigenvalue weighted by Crippen LogP contribution is 2.40. The summed E-state index contributed by atoms with van der Waals surface area (Å²) in [4.78, 5) is 36.9. The molecule has 270 valence electrons. The Balaban J connectivity index is 0.999. The fourth-order valence-electron chi connectivity index (χ4n) is 6.60. The number of aromatic nitrogens is 2. The van der Waals surface area contributed by atoms with Crippen LogP contribution < -0.4 is 24.4 Å². The van der Waals surface area contributed by atoms with Crippen LogP contribution in [0.1, 0.15) is 18.9 Å². The number of methoxy groups -OCH3 is 1. The molecule has 53 heavy (non-hydrogen) atoms. The number of hydrogen-bond acceptors (Lipinski definition) is 9. The number of benzene rings is 4. The Labute approximate surface area is 311 Å². The van der Waals surface area contributed by atoms with E-state index in [1.54, 1.807) is 29.2 Å². The lowest BCUT2D eigenvalue weighted by atomic mass is 10.00. The number of anilines is 2. The fourth-order valence-corrected chi connectivity index (χ4v) is 6.95. The summed E-state index contributed by atoms with van der Waals surface area (Å²) >= 11 is 5.47. The van der Waals surface area contributed by atoms with Crippen LogP contribution in [-0.2, 0) is 16.1 Å². The monoisotopic (exact) mass is 733 g/mol. The molecule has 2 aliphatic rings. The molecule has 11 nitrogen and oxygen atoms in total. The summed E-state index contributed by atoms with van der Waals surface area (Å²) in [6.45, 7) is 3.19. The van der Waals surface area contributed by atoms with E-state index in [1.807, 2.05) is 48.5 Å². The predicted molar refractivity (Wildman–Crippen MR) is 202 cm³/mol. The topological polar surface area (TPSA) is 115 Å². The maximum Gasteiger partial charge on any atom is 0.410 e. The second-order valence-corrected chi connectivity index (χ2v) is 13.1. The molecule has 1 fully saturated rings. The van der Waals surface area contributed by atoms with Crippen molar-refractivity contribution in [1.29, 1.82) is 0 Å². The Kier molecular flexibility index (Phi) is 10.4. The number of nitrogens with one attached hydrogen (secondary N) is 1. The van der Waals surface area contributed by atoms with Gasteiger partial charge in [-0.25, -0.2) is 19.2 Å².